The zero-order valence-electron chi connectivity index (χ0n) is 8.60. The van der Waals surface area contributed by atoms with Crippen LogP contribution in [0.3, 0.4) is 0 Å². The van der Waals surface area contributed by atoms with E-state index in [0.29, 0.717) is 5.82 Å². The fourth-order valence-corrected chi connectivity index (χ4v) is 1.15. The van der Waals surface area contributed by atoms with Crippen molar-refractivity contribution in [1.82, 2.24) is 10.1 Å². The summed E-state index contributed by atoms with van der Waals surface area (Å²) >= 11 is 0. The average molecular weight is 218 g/mol. The van der Waals surface area contributed by atoms with Crippen molar-refractivity contribution >= 4 is 17.7 Å². The van der Waals surface area contributed by atoms with Crippen molar-refractivity contribution in [2.45, 2.75) is 6.92 Å². The second-order valence-corrected chi connectivity index (χ2v) is 3.12. The first-order valence-corrected chi connectivity index (χ1v) is 4.66. The highest BCUT2D eigenvalue weighted by molar-refractivity contribution is 5.98. The van der Waals surface area contributed by atoms with Crippen LogP contribution in [0.2, 0.25) is 0 Å². The van der Waals surface area contributed by atoms with E-state index in [1.165, 1.54) is 6.20 Å². The second-order valence-electron chi connectivity index (χ2n) is 3.12. The Labute approximate surface area is 91.7 Å². The molecule has 0 spiro atoms. The molecule has 0 aliphatic heterocycles. The lowest BCUT2D eigenvalue weighted by molar-refractivity contribution is 0.261. The number of nitrogens with one attached hydrogen (secondary N) is 2. The maximum absolute atomic E-state index is 11.4. The molecule has 0 saturated carbocycles. The molecule has 0 aromatic carbocycles. The number of hydrogen-bond donors (Lipinski definition) is 2. The van der Waals surface area contributed by atoms with Crippen LogP contribution >= 0.6 is 0 Å². The molecule has 6 heteroatoms. The number of aromatic nitrogens is 2. The molecule has 0 aliphatic rings. The fourth-order valence-electron chi connectivity index (χ4n) is 1.15. The van der Waals surface area contributed by atoms with Crippen LogP contribution in [-0.4, -0.2) is 16.2 Å². The van der Waals surface area contributed by atoms with Crippen molar-refractivity contribution in [3.63, 3.8) is 0 Å². The Morgan fingerprint density at radius 2 is 2.19 bits per heavy atom. The van der Waals surface area contributed by atoms with Crippen molar-refractivity contribution in [1.29, 1.82) is 0 Å². The molecule has 0 saturated heterocycles. The normalized spacial score (nSPS) is 9.81. The van der Waals surface area contributed by atoms with Gasteiger partial charge in [0.1, 0.15) is 5.82 Å². The summed E-state index contributed by atoms with van der Waals surface area (Å²) in [6.07, 6.45) is 1.44. The molecule has 0 unspecified atom stereocenters. The van der Waals surface area contributed by atoms with Gasteiger partial charge in [0.25, 0.3) is 0 Å². The lowest BCUT2D eigenvalue weighted by Gasteiger charge is -2.04. The molecule has 0 bridgehead atoms. The summed E-state index contributed by atoms with van der Waals surface area (Å²) in [4.78, 5) is 15.6. The van der Waals surface area contributed by atoms with Crippen LogP contribution in [0, 0.1) is 6.92 Å². The van der Waals surface area contributed by atoms with E-state index in [1.54, 1.807) is 12.1 Å². The molecule has 2 heterocycles. The predicted molar refractivity (Wildman–Crippen MR) is 58.1 cm³/mol. The topological polar surface area (TPSA) is 80.0 Å². The van der Waals surface area contributed by atoms with Crippen LogP contribution in [0.15, 0.2) is 35.0 Å². The summed E-state index contributed by atoms with van der Waals surface area (Å²) in [6.45, 7) is 1.85. The molecule has 82 valence electrons. The molecular weight excluding hydrogens is 208 g/mol. The van der Waals surface area contributed by atoms with Gasteiger partial charge in [0, 0.05) is 11.8 Å². The highest BCUT2D eigenvalue weighted by Gasteiger charge is 2.05. The molecule has 2 rings (SSSR count). The largest absolute Gasteiger partial charge is 0.338 e. The van der Waals surface area contributed by atoms with E-state index < -0.39 is 6.03 Å². The van der Waals surface area contributed by atoms with Gasteiger partial charge >= 0.3 is 6.03 Å². The van der Waals surface area contributed by atoms with Gasteiger partial charge in [-0.3, -0.25) is 10.6 Å². The van der Waals surface area contributed by atoms with Gasteiger partial charge < -0.3 is 4.52 Å². The molecule has 0 atom stereocenters. The van der Waals surface area contributed by atoms with Crippen molar-refractivity contribution in [2.75, 3.05) is 10.6 Å². The number of urea groups is 1. The summed E-state index contributed by atoms with van der Waals surface area (Å²) in [5.41, 5.74) is 0.831. The molecule has 2 aromatic heterocycles. The molecular formula is C10H10N4O2. The Morgan fingerprint density at radius 3 is 2.88 bits per heavy atom. The number of hydrogen-bond acceptors (Lipinski definition) is 4. The van der Waals surface area contributed by atoms with E-state index in [-0.39, 0.29) is 5.88 Å². The number of aryl methyl sites for hydroxylation is 1. The molecule has 0 aliphatic carbocycles. The van der Waals surface area contributed by atoms with Gasteiger partial charge in [-0.05, 0) is 19.1 Å². The van der Waals surface area contributed by atoms with E-state index in [1.807, 2.05) is 19.1 Å². The van der Waals surface area contributed by atoms with E-state index in [9.17, 15) is 4.79 Å². The molecule has 0 radical (unpaired) electrons. The lowest BCUT2D eigenvalue weighted by Crippen LogP contribution is -2.19. The molecule has 6 nitrogen and oxygen atoms in total. The van der Waals surface area contributed by atoms with Crippen molar-refractivity contribution < 1.29 is 9.32 Å². The highest BCUT2D eigenvalue weighted by Crippen LogP contribution is 2.06. The number of pyridine rings is 1. The van der Waals surface area contributed by atoms with Gasteiger partial charge in [-0.1, -0.05) is 11.2 Å². The first-order chi connectivity index (χ1) is 7.74. The van der Waals surface area contributed by atoms with Gasteiger partial charge in [-0.2, -0.15) is 0 Å². The van der Waals surface area contributed by atoms with Crippen LogP contribution in [0.1, 0.15) is 5.69 Å². The van der Waals surface area contributed by atoms with Crippen molar-refractivity contribution in [2.24, 2.45) is 0 Å². The minimum Gasteiger partial charge on any atom is -0.338 e. The second kappa shape index (κ2) is 4.43. The Hall–Kier alpha value is -2.37. The van der Waals surface area contributed by atoms with Gasteiger partial charge in [0.2, 0.25) is 5.88 Å². The predicted octanol–water partition coefficient (Wildman–Crippen LogP) is 2.02. The maximum Gasteiger partial charge on any atom is 0.327 e. The van der Waals surface area contributed by atoms with Crippen LogP contribution in [-0.2, 0) is 0 Å². The zero-order chi connectivity index (χ0) is 11.4. The molecule has 2 aromatic rings. The first-order valence-electron chi connectivity index (χ1n) is 4.66. The monoisotopic (exact) mass is 218 g/mol. The molecule has 0 fully saturated rings. The molecule has 2 amide bonds. The summed E-state index contributed by atoms with van der Waals surface area (Å²) in [5, 5.41) is 8.51. The minimum absolute atomic E-state index is 0.283. The molecule has 16 heavy (non-hydrogen) atoms. The average Bonchev–Trinajstić information content (AvgIpc) is 2.70. The highest BCUT2D eigenvalue weighted by atomic mass is 16.5. The van der Waals surface area contributed by atoms with E-state index in [4.69, 9.17) is 4.52 Å². The van der Waals surface area contributed by atoms with Crippen molar-refractivity contribution in [3.05, 3.63) is 36.2 Å². The number of nitrogens with zero attached hydrogens (tertiary/aromatic N) is 2. The third-order valence-corrected chi connectivity index (χ3v) is 1.80. The smallest absolute Gasteiger partial charge is 0.327 e. The number of anilines is 2. The summed E-state index contributed by atoms with van der Waals surface area (Å²) in [5.74, 6) is 0.766. The fraction of sp³-hybridized carbons (Fsp3) is 0.100. The Morgan fingerprint density at radius 1 is 1.31 bits per heavy atom. The first kappa shape index (κ1) is 10.2. The third kappa shape index (κ3) is 2.57. The quantitative estimate of drug-likeness (QED) is 0.808. The Kier molecular flexibility index (Phi) is 2.81. The van der Waals surface area contributed by atoms with Crippen LogP contribution < -0.4 is 10.6 Å². The Bertz CT molecular complexity index is 481. The van der Waals surface area contributed by atoms with Gasteiger partial charge in [0.05, 0.1) is 6.20 Å². The summed E-state index contributed by atoms with van der Waals surface area (Å²) in [7, 11) is 0. The molecule has 2 N–H and O–H groups in total. The number of rotatable bonds is 2. The van der Waals surface area contributed by atoms with Gasteiger partial charge in [0.15, 0.2) is 0 Å². The van der Waals surface area contributed by atoms with E-state index in [2.05, 4.69) is 20.8 Å². The SMILES string of the molecule is Cc1cccc(NC(=O)Nc2ccno2)n1. The van der Waals surface area contributed by atoms with Crippen LogP contribution in [0.25, 0.3) is 0 Å². The third-order valence-electron chi connectivity index (χ3n) is 1.80. The summed E-state index contributed by atoms with van der Waals surface area (Å²) < 4.78 is 4.72. The summed E-state index contributed by atoms with van der Waals surface area (Å²) in [6, 6.07) is 6.48. The van der Waals surface area contributed by atoms with Crippen LogP contribution in [0.4, 0.5) is 16.5 Å². The Balaban J connectivity index is 1.97. The standard InChI is InChI=1S/C10H10N4O2/c1-7-3-2-4-8(12-7)13-10(15)14-9-5-6-11-16-9/h2-6H,1H3,(H2,12,13,14,15). The lowest BCUT2D eigenvalue weighted by atomic mass is 10.4. The zero-order valence-corrected chi connectivity index (χ0v) is 8.60. The van der Waals surface area contributed by atoms with E-state index >= 15 is 0 Å². The van der Waals surface area contributed by atoms with E-state index in [0.717, 1.165) is 5.69 Å². The van der Waals surface area contributed by atoms with Crippen molar-refractivity contribution in [3.8, 4) is 0 Å². The number of carbonyl (C=O) groups excluding carboxylic acids is 1. The van der Waals surface area contributed by atoms with Gasteiger partial charge in [-0.15, -0.1) is 0 Å². The van der Waals surface area contributed by atoms with Crippen LogP contribution in [0.5, 0.6) is 0 Å². The minimum atomic E-state index is -0.421. The number of amides is 2. The maximum atomic E-state index is 11.4. The number of carbonyl (C=O) groups is 1. The van der Waals surface area contributed by atoms with Gasteiger partial charge in [-0.25, -0.2) is 9.78 Å².